The van der Waals surface area contributed by atoms with Crippen LogP contribution < -0.4 is 11.1 Å². The van der Waals surface area contributed by atoms with E-state index in [1.54, 1.807) is 18.4 Å². The van der Waals surface area contributed by atoms with Gasteiger partial charge in [0, 0.05) is 6.20 Å². The molecule has 54 valence electrons. The van der Waals surface area contributed by atoms with Crippen LogP contribution in [0.15, 0.2) is 37.1 Å². The van der Waals surface area contributed by atoms with Gasteiger partial charge in [-0.05, 0) is 17.8 Å². The van der Waals surface area contributed by atoms with Crippen molar-refractivity contribution in [3.05, 3.63) is 37.1 Å². The third-order valence-electron chi connectivity index (χ3n) is 0.852. The summed E-state index contributed by atoms with van der Waals surface area (Å²) in [7, 11) is 0. The van der Waals surface area contributed by atoms with Crippen LogP contribution in [0.4, 0.5) is 0 Å². The second-order valence-electron chi connectivity index (χ2n) is 1.56. The summed E-state index contributed by atoms with van der Waals surface area (Å²) in [5, 5.41) is 2.89. The van der Waals surface area contributed by atoms with Crippen LogP contribution in [0.25, 0.3) is 0 Å². The maximum Gasteiger partial charge on any atom is 0.167 e. The van der Waals surface area contributed by atoms with Gasteiger partial charge < -0.3 is 11.1 Å². The lowest BCUT2D eigenvalue weighted by molar-refractivity contribution is 1.26. The predicted molar refractivity (Wildman–Crippen MR) is 48.4 cm³/mol. The van der Waals surface area contributed by atoms with Crippen molar-refractivity contribution in [2.45, 2.75) is 0 Å². The van der Waals surface area contributed by atoms with E-state index in [1.165, 1.54) is 0 Å². The minimum atomic E-state index is 0.237. The van der Waals surface area contributed by atoms with Crippen LogP contribution in [0, 0.1) is 0 Å². The summed E-state index contributed by atoms with van der Waals surface area (Å²) in [5.41, 5.74) is 6.01. The maximum atomic E-state index is 5.16. The van der Waals surface area contributed by atoms with Gasteiger partial charge in [0.25, 0.3) is 0 Å². The van der Waals surface area contributed by atoms with Crippen LogP contribution in [0.1, 0.15) is 0 Å². The van der Waals surface area contributed by atoms with Crippen LogP contribution in [0.2, 0.25) is 0 Å². The molecule has 3 heteroatoms. The van der Waals surface area contributed by atoms with Crippen LogP contribution in [-0.4, -0.2) is 5.11 Å². The van der Waals surface area contributed by atoms with Crippen molar-refractivity contribution in [3.8, 4) is 0 Å². The fraction of sp³-hybridized carbons (Fsp3) is 0. The Morgan fingerprint density at radius 1 is 1.40 bits per heavy atom. The first-order chi connectivity index (χ1) is 4.70. The Kier molecular flexibility index (Phi) is 4.24. The van der Waals surface area contributed by atoms with Crippen molar-refractivity contribution >= 4 is 17.3 Å². The van der Waals surface area contributed by atoms with Crippen molar-refractivity contribution in [1.29, 1.82) is 0 Å². The van der Waals surface area contributed by atoms with Crippen molar-refractivity contribution in [3.63, 3.8) is 0 Å². The highest BCUT2D eigenvalue weighted by atomic mass is 32.1. The molecule has 0 bridgehead atoms. The number of hydrogen-bond donors (Lipinski definition) is 2. The molecule has 0 aromatic carbocycles. The minimum Gasteiger partial charge on any atom is -0.376 e. The van der Waals surface area contributed by atoms with Gasteiger partial charge in [0.2, 0.25) is 0 Å². The fourth-order valence-electron chi connectivity index (χ4n) is 0.356. The second kappa shape index (κ2) is 4.76. The normalized spacial score (nSPS) is 7.60. The summed E-state index contributed by atoms with van der Waals surface area (Å²) in [4.78, 5) is 0. The molecular formula is C7H10N2S. The quantitative estimate of drug-likeness (QED) is 0.472. The highest BCUT2D eigenvalue weighted by Crippen LogP contribution is 1.92. The molecule has 0 unspecified atom stereocenters. The molecule has 10 heavy (non-hydrogen) atoms. The average molecular weight is 154 g/mol. The molecule has 0 heterocycles. The highest BCUT2D eigenvalue weighted by Gasteiger charge is 1.82. The standard InChI is InChI=1S/C7H10N2S/c1-3-6(4-2)5-9-7(8)10/h3-5H,1-2H2,(H3,8,9,10). The minimum absolute atomic E-state index is 0.237. The first kappa shape index (κ1) is 8.91. The van der Waals surface area contributed by atoms with Crippen molar-refractivity contribution < 1.29 is 0 Å². The SMILES string of the molecule is C=CC(C=C)=CNC(N)=S. The zero-order chi connectivity index (χ0) is 7.98. The zero-order valence-electron chi connectivity index (χ0n) is 5.63. The first-order valence-corrected chi connectivity index (χ1v) is 3.12. The Hall–Kier alpha value is -1.09. The van der Waals surface area contributed by atoms with Crippen molar-refractivity contribution in [2.75, 3.05) is 0 Å². The molecule has 0 saturated heterocycles. The van der Waals surface area contributed by atoms with Crippen LogP contribution in [-0.2, 0) is 0 Å². The lowest BCUT2D eigenvalue weighted by Gasteiger charge is -1.95. The van der Waals surface area contributed by atoms with Gasteiger partial charge in [0.1, 0.15) is 0 Å². The van der Waals surface area contributed by atoms with E-state index >= 15 is 0 Å². The molecule has 0 spiro atoms. The fourth-order valence-corrected chi connectivity index (χ4v) is 0.415. The van der Waals surface area contributed by atoms with Gasteiger partial charge in [-0.25, -0.2) is 0 Å². The Morgan fingerprint density at radius 2 is 1.90 bits per heavy atom. The van der Waals surface area contributed by atoms with Gasteiger partial charge >= 0.3 is 0 Å². The Bertz CT molecular complexity index is 172. The summed E-state index contributed by atoms with van der Waals surface area (Å²) < 4.78 is 0. The smallest absolute Gasteiger partial charge is 0.167 e. The molecule has 0 aliphatic rings. The lowest BCUT2D eigenvalue weighted by Crippen LogP contribution is -2.23. The third-order valence-corrected chi connectivity index (χ3v) is 0.970. The molecule has 0 saturated carbocycles. The average Bonchev–Trinajstić information content (AvgIpc) is 1.90. The number of thiocarbonyl (C=S) groups is 1. The molecule has 2 nitrogen and oxygen atoms in total. The van der Waals surface area contributed by atoms with Gasteiger partial charge in [-0.3, -0.25) is 0 Å². The molecular weight excluding hydrogens is 144 g/mol. The summed E-state index contributed by atoms with van der Waals surface area (Å²) in [5.74, 6) is 0. The topological polar surface area (TPSA) is 38.0 Å². The second-order valence-corrected chi connectivity index (χ2v) is 2.00. The molecule has 0 aliphatic carbocycles. The summed E-state index contributed by atoms with van der Waals surface area (Å²) in [6, 6.07) is 0. The van der Waals surface area contributed by atoms with E-state index in [1.807, 2.05) is 0 Å². The largest absolute Gasteiger partial charge is 0.376 e. The first-order valence-electron chi connectivity index (χ1n) is 2.71. The number of nitrogens with one attached hydrogen (secondary N) is 1. The van der Waals surface area contributed by atoms with Gasteiger partial charge in [0.15, 0.2) is 5.11 Å². The predicted octanol–water partition coefficient (Wildman–Crippen LogP) is 1.08. The Balaban J connectivity index is 3.98. The van der Waals surface area contributed by atoms with E-state index in [0.29, 0.717) is 0 Å². The summed E-state index contributed by atoms with van der Waals surface area (Å²) >= 11 is 4.56. The number of nitrogens with two attached hydrogens (primary N) is 1. The van der Waals surface area contributed by atoms with Crippen LogP contribution in [0.5, 0.6) is 0 Å². The molecule has 0 fully saturated rings. The molecule has 0 aliphatic heterocycles. The zero-order valence-corrected chi connectivity index (χ0v) is 6.45. The molecule has 0 radical (unpaired) electrons. The van der Waals surface area contributed by atoms with Crippen molar-refractivity contribution in [1.82, 2.24) is 5.32 Å². The van der Waals surface area contributed by atoms with E-state index in [0.717, 1.165) is 5.57 Å². The molecule has 0 atom stereocenters. The Morgan fingerprint density at radius 3 is 2.20 bits per heavy atom. The van der Waals surface area contributed by atoms with Gasteiger partial charge in [0.05, 0.1) is 0 Å². The number of rotatable bonds is 3. The molecule has 3 N–H and O–H groups in total. The third kappa shape index (κ3) is 3.86. The van der Waals surface area contributed by atoms with Crippen LogP contribution >= 0.6 is 12.2 Å². The molecule has 0 rings (SSSR count). The van der Waals surface area contributed by atoms with Gasteiger partial charge in [-0.1, -0.05) is 25.3 Å². The van der Waals surface area contributed by atoms with Gasteiger partial charge in [-0.15, -0.1) is 0 Å². The molecule has 0 amide bonds. The number of hydrogen-bond acceptors (Lipinski definition) is 1. The summed E-state index contributed by atoms with van der Waals surface area (Å²) in [6.45, 7) is 7.09. The maximum absolute atomic E-state index is 5.16. The van der Waals surface area contributed by atoms with E-state index in [9.17, 15) is 0 Å². The van der Waals surface area contributed by atoms with E-state index in [-0.39, 0.29) is 5.11 Å². The summed E-state index contributed by atoms with van der Waals surface area (Å²) in [6.07, 6.45) is 4.94. The van der Waals surface area contributed by atoms with Crippen molar-refractivity contribution in [2.24, 2.45) is 5.73 Å². The number of allylic oxidation sites excluding steroid dienone is 3. The van der Waals surface area contributed by atoms with E-state index in [4.69, 9.17) is 5.73 Å². The van der Waals surface area contributed by atoms with Crippen LogP contribution in [0.3, 0.4) is 0 Å². The monoisotopic (exact) mass is 154 g/mol. The molecule has 0 aromatic heterocycles. The van der Waals surface area contributed by atoms with Gasteiger partial charge in [-0.2, -0.15) is 0 Å². The lowest BCUT2D eigenvalue weighted by atomic mass is 10.3. The van der Waals surface area contributed by atoms with E-state index < -0.39 is 0 Å². The molecule has 0 aromatic rings. The van der Waals surface area contributed by atoms with E-state index in [2.05, 4.69) is 30.7 Å². The Labute approximate surface area is 66.1 Å². The highest BCUT2D eigenvalue weighted by molar-refractivity contribution is 7.80.